The topological polar surface area (TPSA) is 82.1 Å². The van der Waals surface area contributed by atoms with Gasteiger partial charge in [0.1, 0.15) is 0 Å². The third-order valence-electron chi connectivity index (χ3n) is 4.78. The second-order valence-corrected chi connectivity index (χ2v) is 7.89. The quantitative estimate of drug-likeness (QED) is 0.681. The zero-order chi connectivity index (χ0) is 22.4. The van der Waals surface area contributed by atoms with Gasteiger partial charge in [-0.15, -0.1) is 0 Å². The monoisotopic (exact) mass is 460 g/mol. The second kappa shape index (κ2) is 10.4. The molecule has 0 unspecified atom stereocenters. The number of likely N-dealkylation sites (N-methyl/N-ethyl adjacent to an activating group) is 1. The van der Waals surface area contributed by atoms with Crippen molar-refractivity contribution in [3.8, 4) is 0 Å². The fourth-order valence-corrected chi connectivity index (χ4v) is 3.60. The Kier molecular flexibility index (Phi) is 7.65. The Morgan fingerprint density at radius 2 is 1.71 bits per heavy atom. The molecule has 7 nitrogen and oxygen atoms in total. The second-order valence-electron chi connectivity index (χ2n) is 7.07. The number of rotatable bonds is 7. The predicted molar refractivity (Wildman–Crippen MR) is 121 cm³/mol. The Morgan fingerprint density at radius 3 is 2.39 bits per heavy atom. The number of hydrogen-bond donors (Lipinski definition) is 1. The highest BCUT2D eigenvalue weighted by atomic mass is 35.5. The van der Waals surface area contributed by atoms with E-state index in [0.717, 1.165) is 11.3 Å². The van der Waals surface area contributed by atoms with Gasteiger partial charge >= 0.3 is 0 Å². The van der Waals surface area contributed by atoms with Crippen LogP contribution in [0.25, 0.3) is 0 Å². The van der Waals surface area contributed by atoms with Gasteiger partial charge in [0.15, 0.2) is 0 Å². The molecule has 0 radical (unpaired) electrons. The maximum Gasteiger partial charge on any atom is 0.244 e. The Morgan fingerprint density at radius 1 is 1.03 bits per heavy atom. The first-order valence-electron chi connectivity index (χ1n) is 9.76. The lowest BCUT2D eigenvalue weighted by molar-refractivity contribution is -0.137. The standard InChI is InChI=1S/C22H22Cl2N4O3/c1-27(14-19(29)25-22-16(23)8-5-9-17(22)24)20(30)10-11-21(31)28-13-12-18(26-28)15-6-3-2-4-7-15/h2-9H,10-14H2,1H3,(H,25,29). The van der Waals surface area contributed by atoms with Crippen molar-refractivity contribution in [2.45, 2.75) is 19.3 Å². The summed E-state index contributed by atoms with van der Waals surface area (Å²) in [5, 5.41) is 9.00. The Hall–Kier alpha value is -2.90. The molecule has 3 rings (SSSR count). The molecule has 1 N–H and O–H groups in total. The molecule has 0 atom stereocenters. The van der Waals surface area contributed by atoms with Crippen LogP contribution >= 0.6 is 23.2 Å². The lowest BCUT2D eigenvalue weighted by Crippen LogP contribution is -2.35. The fraction of sp³-hybridized carbons (Fsp3) is 0.273. The van der Waals surface area contributed by atoms with Gasteiger partial charge in [-0.1, -0.05) is 59.6 Å². The number of benzene rings is 2. The number of hydrogen-bond acceptors (Lipinski definition) is 4. The van der Waals surface area contributed by atoms with Crippen LogP contribution in [0, 0.1) is 0 Å². The molecule has 2 aromatic carbocycles. The molecule has 9 heteroatoms. The molecule has 1 aliphatic heterocycles. The van der Waals surface area contributed by atoms with Crippen LogP contribution in [0.2, 0.25) is 10.0 Å². The smallest absolute Gasteiger partial charge is 0.244 e. The SMILES string of the molecule is CN(CC(=O)Nc1c(Cl)cccc1Cl)C(=O)CCC(=O)N1CCC(c2ccccc2)=N1. The van der Waals surface area contributed by atoms with E-state index in [1.165, 1.54) is 17.0 Å². The van der Waals surface area contributed by atoms with Gasteiger partial charge in [-0.25, -0.2) is 5.01 Å². The van der Waals surface area contributed by atoms with Crippen LogP contribution in [0.15, 0.2) is 53.6 Å². The molecule has 1 heterocycles. The van der Waals surface area contributed by atoms with Crippen LogP contribution in [-0.4, -0.2) is 53.5 Å². The van der Waals surface area contributed by atoms with Crippen molar-refractivity contribution in [3.63, 3.8) is 0 Å². The number of carbonyl (C=O) groups excluding carboxylic acids is 3. The Balaban J connectivity index is 1.47. The van der Waals surface area contributed by atoms with Gasteiger partial charge in [0.25, 0.3) is 0 Å². The first kappa shape index (κ1) is 22.8. The number of halogens is 2. The van der Waals surface area contributed by atoms with Crippen molar-refractivity contribution in [2.75, 3.05) is 25.5 Å². The van der Waals surface area contributed by atoms with Gasteiger partial charge in [-0.05, 0) is 17.7 Å². The molecule has 0 fully saturated rings. The van der Waals surface area contributed by atoms with E-state index >= 15 is 0 Å². The number of amides is 3. The molecular formula is C22H22Cl2N4O3. The number of carbonyl (C=O) groups is 3. The fourth-order valence-electron chi connectivity index (χ4n) is 3.10. The minimum Gasteiger partial charge on any atom is -0.336 e. The average Bonchev–Trinajstić information content (AvgIpc) is 3.25. The summed E-state index contributed by atoms with van der Waals surface area (Å²) in [6, 6.07) is 14.5. The number of nitrogens with one attached hydrogen (secondary N) is 1. The van der Waals surface area contributed by atoms with Crippen LogP contribution in [0.5, 0.6) is 0 Å². The number of hydrazone groups is 1. The molecule has 3 amide bonds. The lowest BCUT2D eigenvalue weighted by Gasteiger charge is -2.18. The molecule has 0 spiro atoms. The van der Waals surface area contributed by atoms with Crippen molar-refractivity contribution in [2.24, 2.45) is 5.10 Å². The van der Waals surface area contributed by atoms with E-state index in [1.807, 2.05) is 30.3 Å². The van der Waals surface area contributed by atoms with E-state index in [9.17, 15) is 14.4 Å². The summed E-state index contributed by atoms with van der Waals surface area (Å²) in [6.45, 7) is 0.308. The molecule has 0 bridgehead atoms. The summed E-state index contributed by atoms with van der Waals surface area (Å²) in [4.78, 5) is 38.3. The van der Waals surface area contributed by atoms with Gasteiger partial charge in [-0.3, -0.25) is 14.4 Å². The molecule has 162 valence electrons. The molecule has 0 saturated carbocycles. The van der Waals surface area contributed by atoms with Crippen molar-refractivity contribution in [1.82, 2.24) is 9.91 Å². The van der Waals surface area contributed by atoms with Gasteiger partial charge in [0.2, 0.25) is 17.7 Å². The third kappa shape index (κ3) is 6.06. The van der Waals surface area contributed by atoms with Crippen LogP contribution < -0.4 is 5.32 Å². The zero-order valence-corrected chi connectivity index (χ0v) is 18.5. The largest absolute Gasteiger partial charge is 0.336 e. The number of nitrogens with zero attached hydrogens (tertiary/aromatic N) is 3. The zero-order valence-electron chi connectivity index (χ0n) is 17.0. The predicted octanol–water partition coefficient (Wildman–Crippen LogP) is 3.81. The van der Waals surface area contributed by atoms with E-state index < -0.39 is 5.91 Å². The summed E-state index contributed by atoms with van der Waals surface area (Å²) in [5.41, 5.74) is 2.14. The molecular weight excluding hydrogens is 439 g/mol. The first-order valence-corrected chi connectivity index (χ1v) is 10.5. The average molecular weight is 461 g/mol. The van der Waals surface area contributed by atoms with E-state index in [4.69, 9.17) is 23.2 Å². The number of anilines is 1. The Bertz CT molecular complexity index is 991. The van der Waals surface area contributed by atoms with E-state index in [0.29, 0.717) is 28.7 Å². The van der Waals surface area contributed by atoms with E-state index in [1.54, 1.807) is 18.2 Å². The van der Waals surface area contributed by atoms with Crippen LogP contribution in [0.4, 0.5) is 5.69 Å². The van der Waals surface area contributed by atoms with Crippen LogP contribution in [0.3, 0.4) is 0 Å². The van der Waals surface area contributed by atoms with Crippen LogP contribution in [0.1, 0.15) is 24.8 Å². The summed E-state index contributed by atoms with van der Waals surface area (Å²) in [5.74, 6) is -0.978. The van der Waals surface area contributed by atoms with E-state index in [2.05, 4.69) is 10.4 Å². The van der Waals surface area contributed by atoms with Crippen molar-refractivity contribution >= 4 is 52.3 Å². The molecule has 0 aromatic heterocycles. The maximum atomic E-state index is 12.4. The molecule has 0 saturated heterocycles. The third-order valence-corrected chi connectivity index (χ3v) is 5.41. The van der Waals surface area contributed by atoms with E-state index in [-0.39, 0.29) is 31.2 Å². The summed E-state index contributed by atoms with van der Waals surface area (Å²) in [7, 11) is 1.50. The summed E-state index contributed by atoms with van der Waals surface area (Å²) < 4.78 is 0. The van der Waals surface area contributed by atoms with Gasteiger partial charge in [-0.2, -0.15) is 5.10 Å². The number of para-hydroxylation sites is 1. The molecule has 2 aromatic rings. The van der Waals surface area contributed by atoms with Crippen molar-refractivity contribution in [3.05, 3.63) is 64.1 Å². The van der Waals surface area contributed by atoms with Gasteiger partial charge in [0.05, 0.1) is 34.5 Å². The van der Waals surface area contributed by atoms with Gasteiger partial charge in [0, 0.05) is 26.3 Å². The molecule has 31 heavy (non-hydrogen) atoms. The minimum absolute atomic E-state index is 0.0118. The normalized spacial score (nSPS) is 13.0. The maximum absolute atomic E-state index is 12.4. The highest BCUT2D eigenvalue weighted by Gasteiger charge is 2.23. The van der Waals surface area contributed by atoms with Crippen molar-refractivity contribution in [1.29, 1.82) is 0 Å². The highest BCUT2D eigenvalue weighted by Crippen LogP contribution is 2.29. The first-order chi connectivity index (χ1) is 14.8. The summed E-state index contributed by atoms with van der Waals surface area (Å²) >= 11 is 12.1. The molecule has 0 aliphatic carbocycles. The van der Waals surface area contributed by atoms with Crippen molar-refractivity contribution < 1.29 is 14.4 Å². The summed E-state index contributed by atoms with van der Waals surface area (Å²) in [6.07, 6.45) is 0.684. The Labute approximate surface area is 190 Å². The highest BCUT2D eigenvalue weighted by molar-refractivity contribution is 6.39. The van der Waals surface area contributed by atoms with Gasteiger partial charge < -0.3 is 10.2 Å². The van der Waals surface area contributed by atoms with Crippen LogP contribution in [-0.2, 0) is 14.4 Å². The lowest BCUT2D eigenvalue weighted by atomic mass is 10.1. The molecule has 1 aliphatic rings. The minimum atomic E-state index is -0.436.